The first-order chi connectivity index (χ1) is 13.1. The number of hydrogen-bond donors (Lipinski definition) is 0. The summed E-state index contributed by atoms with van der Waals surface area (Å²) in [4.78, 5) is 12.3. The molecule has 0 spiro atoms. The second-order valence-electron chi connectivity index (χ2n) is 8.01. The van der Waals surface area contributed by atoms with E-state index in [1.165, 1.54) is 13.8 Å². The maximum absolute atomic E-state index is 13.6. The van der Waals surface area contributed by atoms with Crippen LogP contribution in [0.5, 0.6) is 0 Å². The molecule has 2 saturated carbocycles. The average molecular weight is 476 g/mol. The summed E-state index contributed by atoms with van der Waals surface area (Å²) < 4.78 is 142. The highest BCUT2D eigenvalue weighted by Crippen LogP contribution is 2.64. The van der Waals surface area contributed by atoms with Crippen LogP contribution in [0.25, 0.3) is 0 Å². The van der Waals surface area contributed by atoms with E-state index < -0.39 is 62.2 Å². The quantitative estimate of drug-likeness (QED) is 0.335. The lowest BCUT2D eigenvalue weighted by Crippen LogP contribution is -2.65. The Morgan fingerprint density at radius 3 is 1.93 bits per heavy atom. The first-order valence-corrected chi connectivity index (χ1v) is 9.91. The van der Waals surface area contributed by atoms with Crippen LogP contribution in [0.4, 0.5) is 39.5 Å². The maximum atomic E-state index is 13.6. The summed E-state index contributed by atoms with van der Waals surface area (Å²) in [6.45, 7) is 3.00. The van der Waals surface area contributed by atoms with Crippen molar-refractivity contribution >= 4 is 21.7 Å². The molecule has 2 rings (SSSR count). The third-order valence-electron chi connectivity index (χ3n) is 6.20. The molecule has 0 aromatic rings. The van der Waals surface area contributed by atoms with Gasteiger partial charge in [-0.25, -0.2) is 8.42 Å². The van der Waals surface area contributed by atoms with Gasteiger partial charge in [0.1, 0.15) is 5.78 Å². The van der Waals surface area contributed by atoms with Gasteiger partial charge in [-0.05, 0) is 24.2 Å². The molecule has 0 saturated heterocycles. The van der Waals surface area contributed by atoms with Gasteiger partial charge < -0.3 is 5.11 Å². The fourth-order valence-electron chi connectivity index (χ4n) is 4.14. The molecular formula is C15H15F9NO4S-. The number of hydrogen-bond acceptors (Lipinski definition) is 4. The van der Waals surface area contributed by atoms with Gasteiger partial charge in [0.25, 0.3) is 10.0 Å². The first kappa shape index (κ1) is 24.7. The normalized spacial score (nSPS) is 28.3. The lowest BCUT2D eigenvalue weighted by Gasteiger charge is -2.37. The lowest BCUT2D eigenvalue weighted by molar-refractivity contribution is -0.394. The van der Waals surface area contributed by atoms with Gasteiger partial charge in [0.2, 0.25) is 0 Å². The van der Waals surface area contributed by atoms with Crippen LogP contribution < -0.4 is 5.11 Å². The predicted molar refractivity (Wildman–Crippen MR) is 80.7 cm³/mol. The van der Waals surface area contributed by atoms with E-state index in [9.17, 15) is 57.8 Å². The number of alkyl halides is 9. The number of carbonyl (C=O) groups is 1. The minimum Gasteiger partial charge on any atom is -0.857 e. The second-order valence-corrected chi connectivity index (χ2v) is 9.65. The van der Waals surface area contributed by atoms with Crippen LogP contribution in [0, 0.1) is 16.7 Å². The van der Waals surface area contributed by atoms with E-state index in [4.69, 9.17) is 0 Å². The fourth-order valence-corrected chi connectivity index (χ4v) is 5.88. The molecule has 0 radical (unpaired) electrons. The molecule has 2 aliphatic carbocycles. The summed E-state index contributed by atoms with van der Waals surface area (Å²) in [6.07, 6.45) is -6.89. The minimum absolute atomic E-state index is 0.0366. The molecule has 0 amide bonds. The topological polar surface area (TPSA) is 86.6 Å². The molecule has 0 heterocycles. The van der Waals surface area contributed by atoms with Crippen molar-refractivity contribution < 1.29 is 57.8 Å². The first-order valence-electron chi connectivity index (χ1n) is 8.30. The number of ketones is 1. The van der Waals surface area contributed by atoms with Gasteiger partial charge in [0, 0.05) is 6.42 Å². The van der Waals surface area contributed by atoms with E-state index in [2.05, 4.69) is 0 Å². The smallest absolute Gasteiger partial charge is 0.460 e. The molecular weight excluding hydrogens is 461 g/mol. The molecule has 2 bridgehead atoms. The Kier molecular flexibility index (Phi) is 5.34. The minimum atomic E-state index is -7.36. The van der Waals surface area contributed by atoms with Crippen LogP contribution >= 0.6 is 0 Å². The second kappa shape index (κ2) is 6.48. The average Bonchev–Trinajstić information content (AvgIpc) is 2.86. The van der Waals surface area contributed by atoms with Gasteiger partial charge in [0.05, 0.1) is 17.1 Å². The Hall–Kier alpha value is -1.54. The van der Waals surface area contributed by atoms with Crippen molar-refractivity contribution in [1.29, 1.82) is 0 Å². The van der Waals surface area contributed by atoms with Crippen LogP contribution in [0.15, 0.2) is 4.40 Å². The van der Waals surface area contributed by atoms with Gasteiger partial charge >= 0.3 is 23.9 Å². The monoisotopic (exact) mass is 476 g/mol. The van der Waals surface area contributed by atoms with Gasteiger partial charge in [0.15, 0.2) is 0 Å². The van der Waals surface area contributed by atoms with Gasteiger partial charge in [-0.3, -0.25) is 4.79 Å². The van der Waals surface area contributed by atoms with E-state index in [0.29, 0.717) is 6.42 Å². The highest BCUT2D eigenvalue weighted by molar-refractivity contribution is 7.90. The number of nitrogens with zero attached hydrogens (tertiary/aromatic N) is 1. The van der Waals surface area contributed by atoms with Crippen molar-refractivity contribution in [2.24, 2.45) is 21.1 Å². The van der Waals surface area contributed by atoms with E-state index in [1.54, 1.807) is 0 Å². The Balaban J connectivity index is 2.43. The zero-order valence-electron chi connectivity index (χ0n) is 15.3. The largest absolute Gasteiger partial charge is 0.857 e. The summed E-state index contributed by atoms with van der Waals surface area (Å²) in [5, 5.41) is 11.4. The summed E-state index contributed by atoms with van der Waals surface area (Å²) in [5.41, 5.74) is -2.65. The van der Waals surface area contributed by atoms with Crippen LogP contribution in [-0.2, 0) is 14.8 Å². The summed E-state index contributed by atoms with van der Waals surface area (Å²) in [7, 11) is -5.42. The number of fused-ring (bicyclic) bond motifs is 2. The zero-order chi connectivity index (χ0) is 23.8. The van der Waals surface area contributed by atoms with E-state index in [-0.39, 0.29) is 18.8 Å². The SMILES string of the molecule is CC1(C)C2CCC1(CS(=O)(=O)/N=C(\[O-])C(F)(F)C(F)(F)C(F)(F)C(F)(F)F)C(=O)C2. The van der Waals surface area contributed by atoms with Gasteiger partial charge in [-0.1, -0.05) is 13.8 Å². The maximum Gasteiger partial charge on any atom is 0.460 e. The van der Waals surface area contributed by atoms with Crippen LogP contribution in [0.1, 0.15) is 33.1 Å². The van der Waals surface area contributed by atoms with Gasteiger partial charge in [-0.2, -0.15) is 43.9 Å². The fraction of sp³-hybridized carbons (Fsp3) is 0.867. The molecule has 30 heavy (non-hydrogen) atoms. The third-order valence-corrected chi connectivity index (χ3v) is 7.50. The molecule has 2 atom stereocenters. The van der Waals surface area contributed by atoms with Crippen molar-refractivity contribution in [1.82, 2.24) is 0 Å². The number of sulfonamides is 1. The molecule has 2 aliphatic rings. The molecule has 15 heteroatoms. The van der Waals surface area contributed by atoms with E-state index >= 15 is 0 Å². The lowest BCUT2D eigenvalue weighted by atomic mass is 9.70. The Bertz CT molecular complexity index is 879. The van der Waals surface area contributed by atoms with E-state index in [1.807, 2.05) is 4.40 Å². The number of halogens is 9. The molecule has 0 aliphatic heterocycles. The third kappa shape index (κ3) is 3.18. The summed E-state index contributed by atoms with van der Waals surface area (Å²) in [5.74, 6) is -27.4. The number of Topliss-reactive ketones (excluding diaryl/α,β-unsaturated/α-hetero) is 1. The summed E-state index contributed by atoms with van der Waals surface area (Å²) >= 11 is 0. The standard InChI is InChI=1S/C15H16F9NO4S/c1-10(2)7-3-4-11(10,8(26)5-7)6-30(28,29)25-9(27)12(16,17)13(18,19)14(20,21)15(22,23)24/h7H,3-6H2,1-2H3,(H,25,27)/p-1. The van der Waals surface area contributed by atoms with Crippen LogP contribution in [0.3, 0.4) is 0 Å². The molecule has 174 valence electrons. The van der Waals surface area contributed by atoms with Crippen LogP contribution in [-0.4, -0.2) is 49.8 Å². The number of rotatable bonds is 6. The predicted octanol–water partition coefficient (Wildman–Crippen LogP) is 2.94. The van der Waals surface area contributed by atoms with E-state index in [0.717, 1.165) is 0 Å². The number of carbonyl (C=O) groups excluding carboxylic acids is 1. The highest BCUT2D eigenvalue weighted by atomic mass is 32.2. The molecule has 0 aromatic heterocycles. The molecule has 2 fully saturated rings. The Labute approximate surface area is 164 Å². The Morgan fingerprint density at radius 1 is 1.07 bits per heavy atom. The van der Waals surface area contributed by atoms with Crippen LogP contribution in [0.2, 0.25) is 0 Å². The molecule has 2 unspecified atom stereocenters. The summed E-state index contributed by atoms with van der Waals surface area (Å²) in [6, 6.07) is 0. The zero-order valence-corrected chi connectivity index (χ0v) is 16.1. The van der Waals surface area contributed by atoms with Crippen molar-refractivity contribution in [2.75, 3.05) is 5.75 Å². The van der Waals surface area contributed by atoms with Crippen molar-refractivity contribution in [2.45, 2.75) is 57.1 Å². The molecule has 0 N–H and O–H groups in total. The molecule has 5 nitrogen and oxygen atoms in total. The van der Waals surface area contributed by atoms with Gasteiger partial charge in [-0.15, -0.1) is 0 Å². The van der Waals surface area contributed by atoms with Crippen molar-refractivity contribution in [3.05, 3.63) is 0 Å². The van der Waals surface area contributed by atoms with Crippen molar-refractivity contribution in [3.63, 3.8) is 0 Å². The van der Waals surface area contributed by atoms with Crippen molar-refractivity contribution in [3.8, 4) is 0 Å². The molecule has 0 aromatic carbocycles. The Morgan fingerprint density at radius 2 is 1.57 bits per heavy atom. The highest BCUT2D eigenvalue weighted by Gasteiger charge is 2.82.